The molecule has 0 radical (unpaired) electrons. The molecule has 2 nitrogen and oxygen atoms in total. The fourth-order valence-corrected chi connectivity index (χ4v) is 3.14. The summed E-state index contributed by atoms with van der Waals surface area (Å²) >= 11 is 0. The maximum atomic E-state index is 5.93. The summed E-state index contributed by atoms with van der Waals surface area (Å²) in [5.74, 6) is 0.608. The van der Waals surface area contributed by atoms with Crippen LogP contribution in [-0.2, 0) is 0 Å². The lowest BCUT2D eigenvalue weighted by Gasteiger charge is -2.39. The Hall–Kier alpha value is -0.860. The van der Waals surface area contributed by atoms with Gasteiger partial charge in [-0.15, -0.1) is 0 Å². The van der Waals surface area contributed by atoms with E-state index in [2.05, 4.69) is 49.9 Å². The van der Waals surface area contributed by atoms with E-state index >= 15 is 0 Å². The van der Waals surface area contributed by atoms with Crippen LogP contribution in [0.2, 0.25) is 0 Å². The Balaban J connectivity index is 2.11. The predicted molar refractivity (Wildman–Crippen MR) is 82.3 cm³/mol. The number of hydrogen-bond acceptors (Lipinski definition) is 2. The van der Waals surface area contributed by atoms with Crippen LogP contribution >= 0.6 is 0 Å². The van der Waals surface area contributed by atoms with Gasteiger partial charge in [-0.2, -0.15) is 0 Å². The van der Waals surface area contributed by atoms with Gasteiger partial charge in [-0.1, -0.05) is 44.5 Å². The Morgan fingerprint density at radius 3 is 2.32 bits per heavy atom. The lowest BCUT2D eigenvalue weighted by atomic mass is 9.95. The molecule has 0 spiro atoms. The average molecular weight is 260 g/mol. The number of piperidine rings is 1. The molecule has 0 saturated carbocycles. The molecule has 1 aromatic rings. The Bertz CT molecular complexity index is 383. The van der Waals surface area contributed by atoms with Crippen molar-refractivity contribution in [3.8, 4) is 0 Å². The lowest BCUT2D eigenvalue weighted by molar-refractivity contribution is 0.108. The third kappa shape index (κ3) is 3.37. The second-order valence-corrected chi connectivity index (χ2v) is 6.12. The van der Waals surface area contributed by atoms with Crippen molar-refractivity contribution in [1.82, 2.24) is 4.90 Å². The van der Waals surface area contributed by atoms with Crippen LogP contribution in [0.5, 0.6) is 0 Å². The highest BCUT2D eigenvalue weighted by Gasteiger charge is 2.26. The molecule has 1 aliphatic heterocycles. The first-order chi connectivity index (χ1) is 9.13. The Morgan fingerprint density at radius 1 is 1.11 bits per heavy atom. The number of likely N-dealkylation sites (tertiary alicyclic amines) is 1. The summed E-state index contributed by atoms with van der Waals surface area (Å²) in [6.07, 6.45) is 3.90. The lowest BCUT2D eigenvalue weighted by Crippen LogP contribution is -2.45. The van der Waals surface area contributed by atoms with Gasteiger partial charge in [0, 0.05) is 18.6 Å². The highest BCUT2D eigenvalue weighted by molar-refractivity contribution is 5.26. The summed E-state index contributed by atoms with van der Waals surface area (Å²) in [5.41, 5.74) is 8.77. The molecule has 1 saturated heterocycles. The Kier molecular flexibility index (Phi) is 5.00. The van der Waals surface area contributed by atoms with Gasteiger partial charge in [0.25, 0.3) is 0 Å². The molecular formula is C17H28N2. The molecule has 0 aliphatic carbocycles. The maximum Gasteiger partial charge on any atom is 0.0323 e. The van der Waals surface area contributed by atoms with Gasteiger partial charge >= 0.3 is 0 Å². The topological polar surface area (TPSA) is 29.3 Å². The fourth-order valence-electron chi connectivity index (χ4n) is 3.14. The predicted octanol–water partition coefficient (Wildman–Crippen LogP) is 3.68. The summed E-state index contributed by atoms with van der Waals surface area (Å²) in [6.45, 7) is 8.78. The molecule has 2 unspecified atom stereocenters. The normalized spacial score (nSPS) is 22.7. The van der Waals surface area contributed by atoms with Gasteiger partial charge < -0.3 is 5.73 Å². The first kappa shape index (κ1) is 14.5. The molecule has 2 rings (SSSR count). The summed E-state index contributed by atoms with van der Waals surface area (Å²) in [6, 6.07) is 10.2. The minimum absolute atomic E-state index is 0.482. The summed E-state index contributed by atoms with van der Waals surface area (Å²) in [5, 5.41) is 0. The van der Waals surface area contributed by atoms with Crippen molar-refractivity contribution in [2.24, 2.45) is 5.73 Å². The minimum Gasteiger partial charge on any atom is -0.329 e. The molecule has 1 aromatic carbocycles. The first-order valence-electron chi connectivity index (χ1n) is 7.69. The van der Waals surface area contributed by atoms with Gasteiger partial charge in [0.05, 0.1) is 0 Å². The van der Waals surface area contributed by atoms with Gasteiger partial charge in [0.15, 0.2) is 0 Å². The van der Waals surface area contributed by atoms with Crippen molar-refractivity contribution in [1.29, 1.82) is 0 Å². The van der Waals surface area contributed by atoms with E-state index in [-0.39, 0.29) is 0 Å². The van der Waals surface area contributed by atoms with E-state index in [4.69, 9.17) is 5.73 Å². The first-order valence-corrected chi connectivity index (χ1v) is 7.69. The molecule has 106 valence electrons. The zero-order valence-electron chi connectivity index (χ0n) is 12.6. The zero-order chi connectivity index (χ0) is 13.8. The van der Waals surface area contributed by atoms with Crippen LogP contribution in [0.4, 0.5) is 0 Å². The van der Waals surface area contributed by atoms with Crippen molar-refractivity contribution in [3.05, 3.63) is 35.4 Å². The number of nitrogens with two attached hydrogens (primary N) is 1. The number of hydrogen-bond donors (Lipinski definition) is 1. The molecule has 2 N–H and O–H groups in total. The van der Waals surface area contributed by atoms with Gasteiger partial charge in [-0.25, -0.2) is 0 Å². The largest absolute Gasteiger partial charge is 0.329 e. The van der Waals surface area contributed by atoms with E-state index in [1.165, 1.54) is 36.9 Å². The summed E-state index contributed by atoms with van der Waals surface area (Å²) < 4.78 is 0. The zero-order valence-corrected chi connectivity index (χ0v) is 12.6. The van der Waals surface area contributed by atoms with E-state index in [9.17, 15) is 0 Å². The highest BCUT2D eigenvalue weighted by atomic mass is 15.2. The summed E-state index contributed by atoms with van der Waals surface area (Å²) in [7, 11) is 0. The Labute approximate surface area is 118 Å². The van der Waals surface area contributed by atoms with Crippen molar-refractivity contribution in [3.63, 3.8) is 0 Å². The van der Waals surface area contributed by atoms with Crippen LogP contribution in [0.1, 0.15) is 63.1 Å². The second kappa shape index (κ2) is 6.53. The smallest absolute Gasteiger partial charge is 0.0323 e. The van der Waals surface area contributed by atoms with E-state index in [1.54, 1.807) is 0 Å². The van der Waals surface area contributed by atoms with Gasteiger partial charge in [0.1, 0.15) is 0 Å². The quantitative estimate of drug-likeness (QED) is 0.894. The summed E-state index contributed by atoms with van der Waals surface area (Å²) in [4.78, 5) is 2.59. The van der Waals surface area contributed by atoms with Crippen molar-refractivity contribution >= 4 is 0 Å². The van der Waals surface area contributed by atoms with Crippen molar-refractivity contribution < 1.29 is 0 Å². The molecule has 1 aliphatic rings. The van der Waals surface area contributed by atoms with E-state index in [1.807, 2.05) is 0 Å². The van der Waals surface area contributed by atoms with Crippen LogP contribution in [0, 0.1) is 0 Å². The molecule has 0 amide bonds. The standard InChI is InChI=1S/C17H28N2/c1-13(2)15-7-9-16(10-8-15)14(3)19-11-5-4-6-17(19)12-18/h7-10,13-14,17H,4-6,11-12,18H2,1-3H3. The molecule has 0 bridgehead atoms. The van der Waals surface area contributed by atoms with Gasteiger partial charge in [0.2, 0.25) is 0 Å². The molecular weight excluding hydrogens is 232 g/mol. The maximum absolute atomic E-state index is 5.93. The number of nitrogens with zero attached hydrogens (tertiary/aromatic N) is 1. The molecule has 2 atom stereocenters. The monoisotopic (exact) mass is 260 g/mol. The third-order valence-corrected chi connectivity index (χ3v) is 4.53. The molecule has 0 aromatic heterocycles. The average Bonchev–Trinajstić information content (AvgIpc) is 2.46. The van der Waals surface area contributed by atoms with Crippen LogP contribution in [0.25, 0.3) is 0 Å². The van der Waals surface area contributed by atoms with E-state index in [0.29, 0.717) is 18.0 Å². The number of rotatable bonds is 4. The van der Waals surface area contributed by atoms with Crippen LogP contribution in [0.15, 0.2) is 24.3 Å². The SMILES string of the molecule is CC(C)c1ccc(C(C)N2CCCCC2CN)cc1. The van der Waals surface area contributed by atoms with Gasteiger partial charge in [-0.3, -0.25) is 4.90 Å². The minimum atomic E-state index is 0.482. The number of benzene rings is 1. The molecule has 1 heterocycles. The van der Waals surface area contributed by atoms with Crippen LogP contribution in [0.3, 0.4) is 0 Å². The van der Waals surface area contributed by atoms with Crippen molar-refractivity contribution in [2.45, 2.75) is 58.0 Å². The molecule has 2 heteroatoms. The van der Waals surface area contributed by atoms with Crippen LogP contribution in [-0.4, -0.2) is 24.0 Å². The third-order valence-electron chi connectivity index (χ3n) is 4.53. The van der Waals surface area contributed by atoms with Crippen LogP contribution < -0.4 is 5.73 Å². The molecule has 1 fully saturated rings. The van der Waals surface area contributed by atoms with Crippen molar-refractivity contribution in [2.75, 3.05) is 13.1 Å². The van der Waals surface area contributed by atoms with Gasteiger partial charge in [-0.05, 0) is 43.4 Å². The molecule has 19 heavy (non-hydrogen) atoms. The highest BCUT2D eigenvalue weighted by Crippen LogP contribution is 2.28. The van der Waals surface area contributed by atoms with E-state index in [0.717, 1.165) is 6.54 Å². The van der Waals surface area contributed by atoms with E-state index < -0.39 is 0 Å². The fraction of sp³-hybridized carbons (Fsp3) is 0.647. The Morgan fingerprint density at radius 2 is 1.74 bits per heavy atom. The second-order valence-electron chi connectivity index (χ2n) is 6.12.